The lowest BCUT2D eigenvalue weighted by Crippen LogP contribution is -2.29. The lowest BCUT2D eigenvalue weighted by Gasteiger charge is -2.16. The van der Waals surface area contributed by atoms with Gasteiger partial charge in [-0.15, -0.1) is 0 Å². The van der Waals surface area contributed by atoms with Crippen molar-refractivity contribution in [2.45, 2.75) is 12.7 Å². The van der Waals surface area contributed by atoms with E-state index in [0.29, 0.717) is 18.8 Å². The topological polar surface area (TPSA) is 76.6 Å². The zero-order chi connectivity index (χ0) is 24.2. The third-order valence-electron chi connectivity index (χ3n) is 5.05. The molecule has 4 rings (SSSR count). The van der Waals surface area contributed by atoms with Crippen molar-refractivity contribution in [1.29, 1.82) is 0 Å². The van der Waals surface area contributed by atoms with E-state index in [1.165, 1.54) is 21.9 Å². The quantitative estimate of drug-likeness (QED) is 0.606. The number of nitrogens with one attached hydrogen (secondary N) is 1. The molecule has 6 nitrogen and oxygen atoms in total. The van der Waals surface area contributed by atoms with Gasteiger partial charge in [-0.05, 0) is 48.1 Å². The molecule has 0 fully saturated rings. The Morgan fingerprint density at radius 2 is 1.73 bits per heavy atom. The van der Waals surface area contributed by atoms with Crippen molar-refractivity contribution in [2.24, 2.45) is 0 Å². The van der Waals surface area contributed by atoms with Gasteiger partial charge in [0.05, 0.1) is 0 Å². The minimum absolute atomic E-state index is 0.0569. The van der Waals surface area contributed by atoms with Gasteiger partial charge in [0.25, 0.3) is 5.91 Å². The van der Waals surface area contributed by atoms with Crippen LogP contribution in [0.3, 0.4) is 0 Å². The van der Waals surface area contributed by atoms with Crippen molar-refractivity contribution < 1.29 is 27.9 Å². The van der Waals surface area contributed by atoms with E-state index in [1.807, 2.05) is 31.1 Å². The number of carboxylic acid groups (broad SMARTS) is 1. The number of hydrogen-bond donors (Lipinski definition) is 2. The van der Waals surface area contributed by atoms with E-state index in [0.717, 1.165) is 12.2 Å². The van der Waals surface area contributed by atoms with Gasteiger partial charge >= 0.3 is 12.1 Å². The summed E-state index contributed by atoms with van der Waals surface area (Å²) in [5.74, 6) is -2.70. The second-order valence-corrected chi connectivity index (χ2v) is 7.88. The number of benzene rings is 2. The molecule has 33 heavy (non-hydrogen) atoms. The molecule has 2 N–H and O–H groups in total. The van der Waals surface area contributed by atoms with Crippen LogP contribution in [0.25, 0.3) is 16.3 Å². The molecule has 3 aromatic rings. The Hall–Kier alpha value is -3.59. The first kappa shape index (κ1) is 24.1. The average Bonchev–Trinajstić information content (AvgIpc) is 3.42. The number of amides is 1. The molecular formula is C24H24F3N3O3. The number of nitrogens with zero attached hydrogens (tertiary/aromatic N) is 2. The van der Waals surface area contributed by atoms with E-state index >= 15 is 0 Å². The summed E-state index contributed by atoms with van der Waals surface area (Å²) in [4.78, 5) is 29.0. The maximum Gasteiger partial charge on any atom is 0.490 e. The molecule has 174 valence electrons. The normalized spacial score (nSPS) is 13.6. The van der Waals surface area contributed by atoms with Crippen LogP contribution in [0.2, 0.25) is 0 Å². The van der Waals surface area contributed by atoms with Crippen molar-refractivity contribution in [3.05, 3.63) is 77.6 Å². The van der Waals surface area contributed by atoms with Gasteiger partial charge in [0.1, 0.15) is 5.69 Å². The van der Waals surface area contributed by atoms with Crippen LogP contribution >= 0.6 is 0 Å². The molecule has 0 bridgehead atoms. The van der Waals surface area contributed by atoms with Gasteiger partial charge in [-0.2, -0.15) is 13.2 Å². The van der Waals surface area contributed by atoms with Gasteiger partial charge in [-0.3, -0.25) is 4.79 Å². The predicted molar refractivity (Wildman–Crippen MR) is 120 cm³/mol. The fourth-order valence-electron chi connectivity index (χ4n) is 3.58. The van der Waals surface area contributed by atoms with Crippen LogP contribution < -0.4 is 0 Å². The van der Waals surface area contributed by atoms with Gasteiger partial charge in [-0.1, -0.05) is 48.5 Å². The number of halogens is 3. The van der Waals surface area contributed by atoms with Crippen molar-refractivity contribution >= 4 is 28.2 Å². The van der Waals surface area contributed by atoms with Crippen molar-refractivity contribution in [3.63, 3.8) is 0 Å². The van der Waals surface area contributed by atoms with Crippen LogP contribution in [0.15, 0.2) is 60.7 Å². The molecule has 1 aromatic heterocycles. The third-order valence-corrected chi connectivity index (χ3v) is 5.05. The molecule has 0 aliphatic carbocycles. The standard InChI is InChI=1S/C22H23N3O.C2HF3O2/c1-24(2)15-18-10-11-21(23-18)22(26)25-13-12-17(14-25)20-9-5-7-16-6-3-4-8-19(16)20;3-2(4,5)1(6)7/h3-12,23H,13-15H2,1-2H3;(H,6,7). The maximum atomic E-state index is 12.8. The molecule has 2 heterocycles. The van der Waals surface area contributed by atoms with Crippen LogP contribution in [-0.2, 0) is 11.3 Å². The van der Waals surface area contributed by atoms with Gasteiger partial charge in [0.2, 0.25) is 0 Å². The monoisotopic (exact) mass is 459 g/mol. The molecule has 0 radical (unpaired) electrons. The molecule has 1 aliphatic rings. The molecule has 0 spiro atoms. The van der Waals surface area contributed by atoms with Crippen molar-refractivity contribution in [2.75, 3.05) is 27.2 Å². The lowest BCUT2D eigenvalue weighted by molar-refractivity contribution is -0.192. The van der Waals surface area contributed by atoms with Crippen LogP contribution in [0, 0.1) is 0 Å². The summed E-state index contributed by atoms with van der Waals surface area (Å²) < 4.78 is 31.7. The summed E-state index contributed by atoms with van der Waals surface area (Å²) in [6, 6.07) is 18.6. The molecule has 9 heteroatoms. The zero-order valence-electron chi connectivity index (χ0n) is 18.2. The molecule has 0 saturated heterocycles. The molecule has 2 aromatic carbocycles. The number of aliphatic carboxylic acids is 1. The summed E-state index contributed by atoms with van der Waals surface area (Å²) in [7, 11) is 4.03. The zero-order valence-corrected chi connectivity index (χ0v) is 18.2. The summed E-state index contributed by atoms with van der Waals surface area (Å²) in [6.45, 7) is 2.10. The van der Waals surface area contributed by atoms with E-state index in [2.05, 4.69) is 58.4 Å². The first-order chi connectivity index (χ1) is 15.6. The van der Waals surface area contributed by atoms with Crippen LogP contribution in [0.1, 0.15) is 21.7 Å². The first-order valence-electron chi connectivity index (χ1n) is 10.2. The van der Waals surface area contributed by atoms with Crippen LogP contribution in [-0.4, -0.2) is 65.1 Å². The maximum absolute atomic E-state index is 12.8. The molecular weight excluding hydrogens is 435 g/mol. The Bertz CT molecular complexity index is 1180. The highest BCUT2D eigenvalue weighted by atomic mass is 19.4. The van der Waals surface area contributed by atoms with E-state index in [1.54, 1.807) is 0 Å². The second kappa shape index (κ2) is 9.91. The van der Waals surface area contributed by atoms with Crippen molar-refractivity contribution in [1.82, 2.24) is 14.8 Å². The molecule has 0 atom stereocenters. The molecule has 0 unspecified atom stereocenters. The van der Waals surface area contributed by atoms with E-state index in [4.69, 9.17) is 9.90 Å². The molecule has 0 saturated carbocycles. The number of carbonyl (C=O) groups excluding carboxylic acids is 1. The van der Waals surface area contributed by atoms with E-state index in [9.17, 15) is 18.0 Å². The Kier molecular flexibility index (Phi) is 7.23. The highest BCUT2D eigenvalue weighted by molar-refractivity contribution is 5.98. The number of carboxylic acids is 1. The van der Waals surface area contributed by atoms with Gasteiger partial charge in [-0.25, -0.2) is 4.79 Å². The lowest BCUT2D eigenvalue weighted by atomic mass is 9.99. The number of fused-ring (bicyclic) bond motifs is 1. The summed E-state index contributed by atoms with van der Waals surface area (Å²) >= 11 is 0. The smallest absolute Gasteiger partial charge is 0.475 e. The van der Waals surface area contributed by atoms with Gasteiger partial charge in [0, 0.05) is 25.3 Å². The first-order valence-corrected chi connectivity index (χ1v) is 10.2. The van der Waals surface area contributed by atoms with Crippen LogP contribution in [0.5, 0.6) is 0 Å². The number of hydrogen-bond acceptors (Lipinski definition) is 3. The van der Waals surface area contributed by atoms with Crippen LogP contribution in [0.4, 0.5) is 13.2 Å². The largest absolute Gasteiger partial charge is 0.490 e. The van der Waals surface area contributed by atoms with Crippen molar-refractivity contribution in [3.8, 4) is 0 Å². The number of alkyl halides is 3. The predicted octanol–water partition coefficient (Wildman–Crippen LogP) is 4.40. The van der Waals surface area contributed by atoms with E-state index in [-0.39, 0.29) is 5.91 Å². The number of aromatic nitrogens is 1. The fourth-order valence-corrected chi connectivity index (χ4v) is 3.58. The Balaban J connectivity index is 0.000000383. The van der Waals surface area contributed by atoms with Gasteiger partial charge < -0.3 is 19.9 Å². The highest BCUT2D eigenvalue weighted by Crippen LogP contribution is 2.29. The third kappa shape index (κ3) is 6.01. The second-order valence-electron chi connectivity index (χ2n) is 7.88. The number of rotatable bonds is 4. The SMILES string of the molecule is CN(C)Cc1ccc(C(=O)N2CC=C(c3cccc4ccccc34)C2)[nH]1.O=C(O)C(F)(F)F. The summed E-state index contributed by atoms with van der Waals surface area (Å²) in [6.07, 6.45) is -2.91. The summed E-state index contributed by atoms with van der Waals surface area (Å²) in [5, 5.41) is 9.59. The Morgan fingerprint density at radius 1 is 1.06 bits per heavy atom. The Morgan fingerprint density at radius 3 is 2.39 bits per heavy atom. The van der Waals surface area contributed by atoms with E-state index < -0.39 is 12.1 Å². The molecule has 1 aliphatic heterocycles. The minimum Gasteiger partial charge on any atom is -0.475 e. The van der Waals surface area contributed by atoms with Gasteiger partial charge in [0.15, 0.2) is 0 Å². The average molecular weight is 459 g/mol. The number of carbonyl (C=O) groups is 2. The summed E-state index contributed by atoms with van der Waals surface area (Å²) in [5.41, 5.74) is 4.16. The molecule has 1 amide bonds. The fraction of sp³-hybridized carbons (Fsp3) is 0.250. The minimum atomic E-state index is -5.08. The number of aromatic amines is 1. The number of H-pyrrole nitrogens is 1. The highest BCUT2D eigenvalue weighted by Gasteiger charge is 2.38. The Labute approximate surface area is 188 Å².